The van der Waals surface area contributed by atoms with E-state index in [0.717, 1.165) is 0 Å². The van der Waals surface area contributed by atoms with Crippen molar-refractivity contribution in [3.8, 4) is 0 Å². The maximum atomic E-state index is 11.8. The molecule has 0 aliphatic carbocycles. The molecule has 9 nitrogen and oxygen atoms in total. The van der Waals surface area contributed by atoms with Crippen molar-refractivity contribution in [3.63, 3.8) is 0 Å². The average Bonchev–Trinajstić information content (AvgIpc) is 1.94. The summed E-state index contributed by atoms with van der Waals surface area (Å²) in [6, 6.07) is 0. The van der Waals surface area contributed by atoms with E-state index < -0.39 is 57.4 Å². The molecular formula is C3H9Ga2O9P3. The Bertz CT molecular complexity index is 406. The van der Waals surface area contributed by atoms with Gasteiger partial charge in [0, 0.05) is 0 Å². The molecule has 14 heteroatoms. The molecular weight excluding hydrogens is 412 g/mol. The molecule has 2 aliphatic heterocycles. The Kier molecular flexibility index (Phi) is 4.38. The van der Waals surface area contributed by atoms with Crippen molar-refractivity contribution in [3.05, 3.63) is 0 Å². The fourth-order valence-electron chi connectivity index (χ4n) is 1.06. The van der Waals surface area contributed by atoms with Gasteiger partial charge in [-0.1, -0.05) is 0 Å². The third-order valence-corrected chi connectivity index (χ3v) is 26.0. The predicted molar refractivity (Wildman–Crippen MR) is 58.6 cm³/mol. The Balaban J connectivity index is 1.78. The third kappa shape index (κ3) is 4.35. The molecule has 0 radical (unpaired) electrons. The topological polar surface area (TPSA) is 107 Å². The van der Waals surface area contributed by atoms with Gasteiger partial charge in [0.25, 0.3) is 0 Å². The van der Waals surface area contributed by atoms with E-state index in [0.29, 0.717) is 0 Å². The number of hydrogen-bond acceptors (Lipinski definition) is 9. The van der Waals surface area contributed by atoms with Crippen molar-refractivity contribution in [2.24, 2.45) is 0 Å². The molecule has 2 rings (SSSR count). The normalized spacial score (nSPS) is 26.3. The van der Waals surface area contributed by atoms with E-state index in [1.807, 2.05) is 0 Å². The van der Waals surface area contributed by atoms with Gasteiger partial charge in [-0.15, -0.1) is 0 Å². The summed E-state index contributed by atoms with van der Waals surface area (Å²) in [7, 11) is -9.36. The summed E-state index contributed by atoms with van der Waals surface area (Å²) in [6.07, 6.45) is 0. The molecule has 96 valence electrons. The van der Waals surface area contributed by atoms with Crippen molar-refractivity contribution in [1.82, 2.24) is 0 Å². The molecule has 0 atom stereocenters. The molecule has 0 unspecified atom stereocenters. The molecule has 17 heavy (non-hydrogen) atoms. The summed E-state index contributed by atoms with van der Waals surface area (Å²) in [4.78, 5) is 0. The van der Waals surface area contributed by atoms with Gasteiger partial charge in [0.15, 0.2) is 0 Å². The van der Waals surface area contributed by atoms with Crippen LogP contribution < -0.4 is 0 Å². The van der Waals surface area contributed by atoms with Crippen molar-refractivity contribution in [1.29, 1.82) is 0 Å². The van der Waals surface area contributed by atoms with Crippen molar-refractivity contribution < 1.29 is 33.6 Å². The van der Waals surface area contributed by atoms with E-state index in [-0.39, 0.29) is 0 Å². The van der Waals surface area contributed by atoms with Crippen LogP contribution in [0.1, 0.15) is 0 Å². The molecule has 0 aromatic heterocycles. The van der Waals surface area contributed by atoms with Gasteiger partial charge in [-0.2, -0.15) is 0 Å². The predicted octanol–water partition coefficient (Wildman–Crippen LogP) is 1.55. The first-order valence-electron chi connectivity index (χ1n) is 4.40. The Morgan fingerprint density at radius 1 is 0.941 bits per heavy atom. The Labute approximate surface area is 111 Å². The van der Waals surface area contributed by atoms with Gasteiger partial charge in [0.1, 0.15) is 0 Å². The molecule has 2 fully saturated rings. The quantitative estimate of drug-likeness (QED) is 0.493. The minimum atomic E-state index is -3.42. The zero-order valence-corrected chi connectivity index (χ0v) is 16.7. The molecule has 0 saturated carbocycles. The summed E-state index contributed by atoms with van der Waals surface area (Å²) in [5.74, 6) is 0. The van der Waals surface area contributed by atoms with Crippen molar-refractivity contribution in [2.75, 3.05) is 20.0 Å². The molecule has 0 bridgehead atoms. The van der Waals surface area contributed by atoms with E-state index in [4.69, 9.17) is 19.9 Å². The van der Waals surface area contributed by atoms with E-state index in [2.05, 4.69) is 0 Å². The molecule has 2 aliphatic rings. The zero-order valence-electron chi connectivity index (χ0n) is 9.17. The van der Waals surface area contributed by atoms with Crippen LogP contribution in [-0.4, -0.2) is 54.6 Å². The van der Waals surface area contributed by atoms with Crippen LogP contribution in [0.4, 0.5) is 0 Å². The van der Waals surface area contributed by atoms with Gasteiger partial charge in [0.2, 0.25) is 0 Å². The summed E-state index contributed by atoms with van der Waals surface area (Å²) in [5.41, 5.74) is 0. The SMILES string of the molecule is CP1(=O)[O][Ga]([O]P(C)(=O)[O][Ga]2[O]P(C)(=O)[O]2)[O]1. The van der Waals surface area contributed by atoms with Gasteiger partial charge in [0.05, 0.1) is 0 Å². The van der Waals surface area contributed by atoms with Crippen LogP contribution in [0.15, 0.2) is 0 Å². The monoisotopic (exact) mass is 420 g/mol. The van der Waals surface area contributed by atoms with Gasteiger partial charge in [-0.3, -0.25) is 0 Å². The summed E-state index contributed by atoms with van der Waals surface area (Å²) in [6.45, 7) is 3.80. The van der Waals surface area contributed by atoms with Gasteiger partial charge in [-0.05, 0) is 0 Å². The molecule has 0 amide bonds. The molecule has 0 spiro atoms. The van der Waals surface area contributed by atoms with E-state index in [1.165, 1.54) is 20.0 Å². The van der Waals surface area contributed by atoms with Gasteiger partial charge < -0.3 is 0 Å². The fourth-order valence-corrected chi connectivity index (χ4v) is 20.5. The van der Waals surface area contributed by atoms with Crippen LogP contribution in [-0.2, 0) is 33.6 Å². The van der Waals surface area contributed by atoms with Crippen LogP contribution in [0.3, 0.4) is 0 Å². The van der Waals surface area contributed by atoms with Crippen molar-refractivity contribution >= 4 is 57.4 Å². The second-order valence-corrected chi connectivity index (χ2v) is 19.8. The number of hydrogen-bond donors (Lipinski definition) is 0. The molecule has 0 aromatic carbocycles. The average molecular weight is 421 g/mol. The summed E-state index contributed by atoms with van der Waals surface area (Å²) in [5, 5.41) is 0. The Hall–Kier alpha value is 1.72. The second kappa shape index (κ2) is 4.92. The zero-order chi connectivity index (χ0) is 12.9. The first-order chi connectivity index (χ1) is 7.57. The van der Waals surface area contributed by atoms with Crippen LogP contribution in [0.25, 0.3) is 0 Å². The van der Waals surface area contributed by atoms with Gasteiger partial charge >= 0.3 is 111 Å². The van der Waals surface area contributed by atoms with Crippen LogP contribution in [0.2, 0.25) is 0 Å². The van der Waals surface area contributed by atoms with E-state index in [9.17, 15) is 13.7 Å². The van der Waals surface area contributed by atoms with E-state index in [1.54, 1.807) is 0 Å². The Morgan fingerprint density at radius 3 is 1.47 bits per heavy atom. The second-order valence-electron chi connectivity index (χ2n) is 3.52. The summed E-state index contributed by atoms with van der Waals surface area (Å²) < 4.78 is 63.3. The first kappa shape index (κ1) is 15.1. The summed E-state index contributed by atoms with van der Waals surface area (Å²) >= 11 is -6.21. The fraction of sp³-hybridized carbons (Fsp3) is 1.00. The van der Waals surface area contributed by atoms with Gasteiger partial charge in [-0.25, -0.2) is 0 Å². The molecule has 2 saturated heterocycles. The van der Waals surface area contributed by atoms with E-state index >= 15 is 0 Å². The van der Waals surface area contributed by atoms with Crippen molar-refractivity contribution in [2.45, 2.75) is 0 Å². The minimum absolute atomic E-state index is 1.21. The van der Waals surface area contributed by atoms with Crippen LogP contribution in [0.5, 0.6) is 0 Å². The standard InChI is InChI=1S/3CH5O3P.2Ga/c3*1-5(2,3)4;;/h3*1H3,(H2,2,3,4);;/q;;;2*+3/p-6. The first-order valence-corrected chi connectivity index (χ1v) is 16.3. The number of rotatable bonds is 4. The molecule has 0 N–H and O–H groups in total. The van der Waals surface area contributed by atoms with Crippen LogP contribution >= 0.6 is 22.8 Å². The third-order valence-electron chi connectivity index (χ3n) is 1.67. The molecule has 2 heterocycles. The Morgan fingerprint density at radius 2 is 1.24 bits per heavy atom. The van der Waals surface area contributed by atoms with Crippen LogP contribution in [0, 0.1) is 0 Å². The molecule has 0 aromatic rings. The maximum absolute atomic E-state index is 11.8.